The van der Waals surface area contributed by atoms with E-state index >= 15 is 0 Å². The molecule has 0 unspecified atom stereocenters. The highest BCUT2D eigenvalue weighted by Gasteiger charge is 2.08. The van der Waals surface area contributed by atoms with Crippen LogP contribution in [0.4, 0.5) is 0 Å². The van der Waals surface area contributed by atoms with Gasteiger partial charge in [0.05, 0.1) is 6.61 Å². The molecule has 0 N–H and O–H groups in total. The van der Waals surface area contributed by atoms with Gasteiger partial charge in [-0.05, 0) is 18.8 Å². The van der Waals surface area contributed by atoms with Crippen molar-refractivity contribution in [3.63, 3.8) is 0 Å². The first kappa shape index (κ1) is 12.0. The molecule has 0 heterocycles. The van der Waals surface area contributed by atoms with Crippen LogP contribution in [0.2, 0.25) is 0 Å². The summed E-state index contributed by atoms with van der Waals surface area (Å²) in [6.07, 6.45) is 14.8. The molecule has 1 aliphatic rings. The van der Waals surface area contributed by atoms with E-state index in [1.54, 1.807) is 0 Å². The van der Waals surface area contributed by atoms with Crippen LogP contribution in [0.5, 0.6) is 0 Å². The van der Waals surface area contributed by atoms with E-state index in [-0.39, 0.29) is 6.61 Å². The van der Waals surface area contributed by atoms with Crippen LogP contribution in [-0.2, 0) is 5.11 Å². The lowest BCUT2D eigenvalue weighted by atomic mass is 9.93. The number of hydrogen-bond donors (Lipinski definition) is 0. The fourth-order valence-corrected chi connectivity index (χ4v) is 2.41. The van der Waals surface area contributed by atoms with Crippen molar-refractivity contribution in [1.29, 1.82) is 0 Å². The summed E-state index contributed by atoms with van der Waals surface area (Å²) in [5, 5.41) is 10.9. The minimum Gasteiger partial charge on any atom is -0.236 e. The van der Waals surface area contributed by atoms with E-state index in [2.05, 4.69) is 0 Å². The third kappa shape index (κ3) is 5.64. The summed E-state index contributed by atoms with van der Waals surface area (Å²) in [4.78, 5) is 0. The Hall–Kier alpha value is -0.0400. The largest absolute Gasteiger partial charge is 0.236 e. The van der Waals surface area contributed by atoms with Gasteiger partial charge >= 0.3 is 0 Å². The van der Waals surface area contributed by atoms with Crippen molar-refractivity contribution in [2.45, 2.75) is 70.6 Å². The van der Waals surface area contributed by atoms with Crippen LogP contribution in [0, 0.1) is 5.92 Å². The third-order valence-electron chi connectivity index (χ3n) is 3.46. The highest BCUT2D eigenvalue weighted by molar-refractivity contribution is 4.60. The summed E-state index contributed by atoms with van der Waals surface area (Å²) in [7, 11) is 0. The Balaban J connectivity index is 2.17. The maximum absolute atomic E-state index is 10.9. The molecule has 0 spiro atoms. The Morgan fingerprint density at radius 1 is 0.643 bits per heavy atom. The number of rotatable bonds is 1. The van der Waals surface area contributed by atoms with Gasteiger partial charge in [0.1, 0.15) is 0 Å². The molecule has 83 valence electrons. The summed E-state index contributed by atoms with van der Waals surface area (Å²) in [6, 6.07) is 0. The van der Waals surface area contributed by atoms with Crippen molar-refractivity contribution in [2.75, 3.05) is 6.61 Å². The first-order chi connectivity index (χ1) is 6.93. The van der Waals surface area contributed by atoms with Crippen LogP contribution in [-0.4, -0.2) is 6.61 Å². The van der Waals surface area contributed by atoms with Gasteiger partial charge in [0.2, 0.25) is 0 Å². The lowest BCUT2D eigenvalue weighted by Gasteiger charge is -2.13. The Bertz CT molecular complexity index is 110. The Morgan fingerprint density at radius 3 is 1.36 bits per heavy atom. The quantitative estimate of drug-likeness (QED) is 0.596. The van der Waals surface area contributed by atoms with Gasteiger partial charge in [0.15, 0.2) is 0 Å². The van der Waals surface area contributed by atoms with Gasteiger partial charge in [-0.15, -0.1) is 0 Å². The smallest absolute Gasteiger partial charge is 0.0850 e. The van der Waals surface area contributed by atoms with Gasteiger partial charge in [0.25, 0.3) is 0 Å². The SMILES string of the molecule is [O]CC1CCCCCCCCCCC1. The van der Waals surface area contributed by atoms with Crippen LogP contribution in [0.1, 0.15) is 70.6 Å². The molecule has 1 saturated carbocycles. The van der Waals surface area contributed by atoms with Crippen molar-refractivity contribution in [3.05, 3.63) is 0 Å². The van der Waals surface area contributed by atoms with Crippen molar-refractivity contribution in [1.82, 2.24) is 0 Å². The first-order valence-corrected chi connectivity index (χ1v) is 6.51. The second-order valence-electron chi connectivity index (χ2n) is 4.79. The van der Waals surface area contributed by atoms with Crippen LogP contribution < -0.4 is 0 Å². The molecule has 1 fully saturated rings. The zero-order valence-corrected chi connectivity index (χ0v) is 9.47. The Labute approximate surface area is 88.9 Å². The maximum atomic E-state index is 10.9. The molecular weight excluding hydrogens is 172 g/mol. The van der Waals surface area contributed by atoms with Crippen molar-refractivity contribution in [2.24, 2.45) is 5.92 Å². The molecule has 0 aliphatic heterocycles. The van der Waals surface area contributed by atoms with Crippen molar-refractivity contribution >= 4 is 0 Å². The van der Waals surface area contributed by atoms with E-state index in [0.717, 1.165) is 0 Å². The molecule has 1 radical (unpaired) electrons. The molecule has 0 aromatic heterocycles. The summed E-state index contributed by atoms with van der Waals surface area (Å²) in [6.45, 7) is 0.167. The van der Waals surface area contributed by atoms with Crippen LogP contribution >= 0.6 is 0 Å². The summed E-state index contributed by atoms with van der Waals surface area (Å²) in [5.41, 5.74) is 0. The van der Waals surface area contributed by atoms with Gasteiger partial charge in [-0.25, -0.2) is 5.11 Å². The van der Waals surface area contributed by atoms with E-state index in [9.17, 15) is 5.11 Å². The zero-order chi connectivity index (χ0) is 10.1. The molecule has 1 heteroatoms. The molecular formula is C13H25O. The predicted molar refractivity (Wildman–Crippen MR) is 59.8 cm³/mol. The van der Waals surface area contributed by atoms with Gasteiger partial charge in [-0.2, -0.15) is 0 Å². The molecule has 0 aromatic carbocycles. The Kier molecular flexibility index (Phi) is 7.12. The minimum atomic E-state index is 0.167. The Morgan fingerprint density at radius 2 is 1.00 bits per heavy atom. The van der Waals surface area contributed by atoms with E-state index in [1.165, 1.54) is 70.6 Å². The van der Waals surface area contributed by atoms with Gasteiger partial charge < -0.3 is 0 Å². The zero-order valence-electron chi connectivity index (χ0n) is 9.47. The third-order valence-corrected chi connectivity index (χ3v) is 3.46. The molecule has 1 nitrogen and oxygen atoms in total. The summed E-state index contributed by atoms with van der Waals surface area (Å²) >= 11 is 0. The normalized spacial score (nSPS) is 23.8. The maximum Gasteiger partial charge on any atom is 0.0850 e. The van der Waals surface area contributed by atoms with Crippen molar-refractivity contribution in [3.8, 4) is 0 Å². The molecule has 0 atom stereocenters. The highest BCUT2D eigenvalue weighted by atomic mass is 16.3. The monoisotopic (exact) mass is 197 g/mol. The van der Waals surface area contributed by atoms with E-state index < -0.39 is 0 Å². The fourth-order valence-electron chi connectivity index (χ4n) is 2.41. The van der Waals surface area contributed by atoms with Crippen LogP contribution in [0.3, 0.4) is 0 Å². The second kappa shape index (κ2) is 8.28. The predicted octanol–water partition coefficient (Wildman–Crippen LogP) is 4.34. The first-order valence-electron chi connectivity index (χ1n) is 6.51. The van der Waals surface area contributed by atoms with Crippen molar-refractivity contribution < 1.29 is 5.11 Å². The summed E-state index contributed by atoms with van der Waals surface area (Å²) < 4.78 is 0. The molecule has 0 aromatic rings. The van der Waals surface area contributed by atoms with Gasteiger partial charge in [0, 0.05) is 0 Å². The molecule has 14 heavy (non-hydrogen) atoms. The lowest BCUT2D eigenvalue weighted by molar-refractivity contribution is 0.130. The molecule has 0 saturated heterocycles. The minimum absolute atomic E-state index is 0.167. The summed E-state index contributed by atoms with van der Waals surface area (Å²) in [5.74, 6) is 0.495. The molecule has 1 aliphatic carbocycles. The van der Waals surface area contributed by atoms with E-state index in [0.29, 0.717) is 5.92 Å². The molecule has 0 amide bonds. The fraction of sp³-hybridized carbons (Fsp3) is 1.00. The standard InChI is InChI=1S/C13H25O/c14-12-13-10-8-6-4-2-1-3-5-7-9-11-13/h13H,1-12H2. The van der Waals surface area contributed by atoms with Crippen LogP contribution in [0.15, 0.2) is 0 Å². The lowest BCUT2D eigenvalue weighted by Crippen LogP contribution is -2.05. The average molecular weight is 197 g/mol. The van der Waals surface area contributed by atoms with E-state index in [4.69, 9.17) is 0 Å². The van der Waals surface area contributed by atoms with E-state index in [1.807, 2.05) is 0 Å². The topological polar surface area (TPSA) is 19.9 Å². The molecule has 0 bridgehead atoms. The average Bonchev–Trinajstić information content (AvgIpc) is 2.19. The van der Waals surface area contributed by atoms with Gasteiger partial charge in [-0.3, -0.25) is 0 Å². The highest BCUT2D eigenvalue weighted by Crippen LogP contribution is 2.20. The second-order valence-corrected chi connectivity index (χ2v) is 4.79. The number of hydrogen-bond acceptors (Lipinski definition) is 0. The van der Waals surface area contributed by atoms with Gasteiger partial charge in [-0.1, -0.05) is 57.8 Å². The van der Waals surface area contributed by atoms with Crippen LogP contribution in [0.25, 0.3) is 0 Å². The molecule has 1 rings (SSSR count).